The van der Waals surface area contributed by atoms with E-state index in [0.717, 1.165) is 53.4 Å². The second-order valence-electron chi connectivity index (χ2n) is 9.66. The van der Waals surface area contributed by atoms with Crippen LogP contribution < -0.4 is 18.9 Å². The summed E-state index contributed by atoms with van der Waals surface area (Å²) in [5, 5.41) is 0. The molecule has 1 saturated carbocycles. The number of aromatic nitrogens is 2. The van der Waals surface area contributed by atoms with Gasteiger partial charge in [0, 0.05) is 17.6 Å². The number of ketones is 1. The van der Waals surface area contributed by atoms with Crippen molar-refractivity contribution in [2.75, 3.05) is 21.3 Å². The van der Waals surface area contributed by atoms with Gasteiger partial charge in [-0.15, -0.1) is 0 Å². The fourth-order valence-electron chi connectivity index (χ4n) is 5.02. The lowest BCUT2D eigenvalue weighted by Crippen LogP contribution is -2.13. The minimum Gasteiger partial charge on any atom is -0.497 e. The first-order chi connectivity index (χ1) is 19.0. The zero-order chi connectivity index (χ0) is 27.4. The number of carbonyl (C=O) groups is 1. The third kappa shape index (κ3) is 5.76. The number of benzene rings is 3. The highest BCUT2D eigenvalue weighted by molar-refractivity contribution is 7.00. The van der Waals surface area contributed by atoms with Gasteiger partial charge >= 0.3 is 0 Å². The van der Waals surface area contributed by atoms with E-state index in [9.17, 15) is 4.79 Å². The van der Waals surface area contributed by atoms with Gasteiger partial charge in [0.1, 0.15) is 16.8 Å². The molecule has 202 valence electrons. The van der Waals surface area contributed by atoms with Crippen LogP contribution in [0.25, 0.3) is 16.6 Å². The molecule has 1 aromatic heterocycles. The van der Waals surface area contributed by atoms with E-state index in [1.54, 1.807) is 45.6 Å². The van der Waals surface area contributed by atoms with E-state index in [2.05, 4.69) is 8.75 Å². The molecule has 1 aliphatic rings. The lowest BCUT2D eigenvalue weighted by atomic mass is 9.90. The predicted molar refractivity (Wildman–Crippen MR) is 153 cm³/mol. The van der Waals surface area contributed by atoms with Crippen LogP contribution in [0.5, 0.6) is 23.0 Å². The summed E-state index contributed by atoms with van der Waals surface area (Å²) < 4.78 is 31.8. The van der Waals surface area contributed by atoms with Crippen LogP contribution in [-0.2, 0) is 6.42 Å². The minimum atomic E-state index is -0.0594. The molecule has 0 unspecified atom stereocenters. The second kappa shape index (κ2) is 11.9. The average Bonchev–Trinajstić information content (AvgIpc) is 3.67. The van der Waals surface area contributed by atoms with Gasteiger partial charge < -0.3 is 18.9 Å². The number of hydrogen-bond donors (Lipinski definition) is 0. The van der Waals surface area contributed by atoms with Crippen LogP contribution in [-0.4, -0.2) is 42.0 Å². The molecule has 8 heteroatoms. The van der Waals surface area contributed by atoms with Crippen molar-refractivity contribution in [3.8, 4) is 23.0 Å². The van der Waals surface area contributed by atoms with Gasteiger partial charge in [0.25, 0.3) is 0 Å². The molecule has 0 aliphatic heterocycles. The van der Waals surface area contributed by atoms with Crippen LogP contribution in [0.1, 0.15) is 54.1 Å². The molecule has 7 nitrogen and oxygen atoms in total. The summed E-state index contributed by atoms with van der Waals surface area (Å²) >= 11 is 1.18. The summed E-state index contributed by atoms with van der Waals surface area (Å²) in [6, 6.07) is 17.0. The molecule has 1 heterocycles. The Morgan fingerprint density at radius 3 is 2.13 bits per heavy atom. The van der Waals surface area contributed by atoms with E-state index in [0.29, 0.717) is 40.6 Å². The number of carbonyl (C=O) groups excluding carboxylic acids is 1. The monoisotopic (exact) mass is 544 g/mol. The summed E-state index contributed by atoms with van der Waals surface area (Å²) in [6.45, 7) is 1.98. The number of fused-ring (bicyclic) bond motifs is 1. The van der Waals surface area contributed by atoms with Gasteiger partial charge in [0.2, 0.25) is 5.75 Å². The van der Waals surface area contributed by atoms with E-state index in [1.807, 2.05) is 37.3 Å². The normalized spacial score (nSPS) is 14.3. The van der Waals surface area contributed by atoms with Crippen LogP contribution in [0.4, 0.5) is 0 Å². The molecule has 5 rings (SSSR count). The molecular formula is C31H32N2O5S. The Hall–Kier alpha value is -3.91. The third-order valence-corrected chi connectivity index (χ3v) is 7.81. The molecule has 0 bridgehead atoms. The van der Waals surface area contributed by atoms with Crippen molar-refractivity contribution in [3.05, 3.63) is 76.9 Å². The van der Waals surface area contributed by atoms with Gasteiger partial charge in [-0.3, -0.25) is 4.79 Å². The number of hydrogen-bond acceptors (Lipinski definition) is 8. The zero-order valence-corrected chi connectivity index (χ0v) is 23.5. The first kappa shape index (κ1) is 26.7. The number of nitrogens with zero attached hydrogens (tertiary/aromatic N) is 2. The summed E-state index contributed by atoms with van der Waals surface area (Å²) in [4.78, 5) is 14.0. The zero-order valence-electron chi connectivity index (χ0n) is 22.7. The van der Waals surface area contributed by atoms with Crippen LogP contribution in [0.3, 0.4) is 0 Å². The number of allylic oxidation sites excluding steroid dienone is 2. The van der Waals surface area contributed by atoms with Crippen molar-refractivity contribution in [3.63, 3.8) is 0 Å². The van der Waals surface area contributed by atoms with Crippen molar-refractivity contribution in [1.82, 2.24) is 8.75 Å². The molecule has 4 aromatic rings. The topological polar surface area (TPSA) is 79.8 Å². The van der Waals surface area contributed by atoms with E-state index < -0.39 is 0 Å². The van der Waals surface area contributed by atoms with Gasteiger partial charge in [0.05, 0.1) is 39.2 Å². The molecule has 0 atom stereocenters. The average molecular weight is 545 g/mol. The predicted octanol–water partition coefficient (Wildman–Crippen LogP) is 6.94. The number of rotatable bonds is 10. The molecule has 1 aliphatic carbocycles. The Kier molecular flexibility index (Phi) is 8.12. The molecule has 0 amide bonds. The van der Waals surface area contributed by atoms with E-state index in [4.69, 9.17) is 18.9 Å². The van der Waals surface area contributed by atoms with E-state index >= 15 is 0 Å². The smallest absolute Gasteiger partial charge is 0.203 e. The molecular weight excluding hydrogens is 512 g/mol. The second-order valence-corrected chi connectivity index (χ2v) is 10.2. The quantitative estimate of drug-likeness (QED) is 0.158. The molecule has 3 aromatic carbocycles. The summed E-state index contributed by atoms with van der Waals surface area (Å²) in [7, 11) is 4.86. The largest absolute Gasteiger partial charge is 0.497 e. The Morgan fingerprint density at radius 1 is 0.846 bits per heavy atom. The minimum absolute atomic E-state index is 0.0594. The van der Waals surface area contributed by atoms with E-state index in [-0.39, 0.29) is 11.9 Å². The fraction of sp³-hybridized carbons (Fsp3) is 0.323. The Morgan fingerprint density at radius 2 is 1.49 bits per heavy atom. The summed E-state index contributed by atoms with van der Waals surface area (Å²) in [6.07, 6.45) is 4.90. The Labute approximate surface area is 232 Å². The molecule has 0 saturated heterocycles. The van der Waals surface area contributed by atoms with Crippen molar-refractivity contribution >= 4 is 34.1 Å². The fourth-order valence-corrected chi connectivity index (χ4v) is 5.54. The molecule has 0 spiro atoms. The van der Waals surface area contributed by atoms with Crippen LogP contribution in [0.2, 0.25) is 0 Å². The van der Waals surface area contributed by atoms with Crippen LogP contribution >= 0.6 is 11.7 Å². The van der Waals surface area contributed by atoms with Gasteiger partial charge in [-0.2, -0.15) is 8.75 Å². The van der Waals surface area contributed by atoms with Gasteiger partial charge in [-0.05, 0) is 97.8 Å². The van der Waals surface area contributed by atoms with Crippen molar-refractivity contribution in [2.24, 2.45) is 0 Å². The Balaban J connectivity index is 1.57. The van der Waals surface area contributed by atoms with Gasteiger partial charge in [0.15, 0.2) is 17.3 Å². The lowest BCUT2D eigenvalue weighted by Gasteiger charge is -2.20. The maximum Gasteiger partial charge on any atom is 0.203 e. The van der Waals surface area contributed by atoms with Crippen LogP contribution in [0.15, 0.2) is 60.2 Å². The summed E-state index contributed by atoms with van der Waals surface area (Å²) in [5.74, 6) is 2.44. The number of ether oxygens (including phenoxy) is 4. The third-order valence-electron chi connectivity index (χ3n) is 7.25. The van der Waals surface area contributed by atoms with Crippen molar-refractivity contribution < 1.29 is 23.7 Å². The lowest BCUT2D eigenvalue weighted by molar-refractivity contribution is 0.103. The van der Waals surface area contributed by atoms with Crippen molar-refractivity contribution in [2.45, 2.75) is 45.1 Å². The Bertz CT molecular complexity index is 1480. The number of methoxy groups -OCH3 is 3. The van der Waals surface area contributed by atoms with Crippen LogP contribution in [0, 0.1) is 0 Å². The van der Waals surface area contributed by atoms with Crippen molar-refractivity contribution in [1.29, 1.82) is 0 Å². The molecule has 39 heavy (non-hydrogen) atoms. The van der Waals surface area contributed by atoms with Gasteiger partial charge in [-0.25, -0.2) is 0 Å². The first-order valence-electron chi connectivity index (χ1n) is 13.0. The highest BCUT2D eigenvalue weighted by Crippen LogP contribution is 2.42. The molecule has 0 radical (unpaired) electrons. The molecule has 1 fully saturated rings. The molecule has 0 N–H and O–H groups in total. The maximum absolute atomic E-state index is 14.0. The van der Waals surface area contributed by atoms with E-state index in [1.165, 1.54) is 11.7 Å². The standard InChI is InChI=1S/C31H32N2O5S/c1-19(22-11-14-26-27(18-22)33-39-32-26)25(30(34)21-9-12-23(35-2)13-10-21)15-20-16-28(36-3)31(29(17-20)37-4)38-24-7-5-6-8-24/h9-14,16-18,24H,5-8,15H2,1-4H3. The highest BCUT2D eigenvalue weighted by Gasteiger charge is 2.24. The maximum atomic E-state index is 14.0. The highest BCUT2D eigenvalue weighted by atomic mass is 32.1. The van der Waals surface area contributed by atoms with Gasteiger partial charge in [-0.1, -0.05) is 6.07 Å². The number of Topliss-reactive ketones (excluding diaryl/α,β-unsaturated/α-hetero) is 1. The first-order valence-corrected chi connectivity index (χ1v) is 13.8. The SMILES string of the molecule is COc1ccc(C(=O)C(Cc2cc(OC)c(OC3CCCC3)c(OC)c2)=C(C)c2ccc3nsnc3c2)cc1. The summed E-state index contributed by atoms with van der Waals surface area (Å²) in [5.41, 5.74) is 5.58.